The summed E-state index contributed by atoms with van der Waals surface area (Å²) in [5, 5.41) is 3.50. The normalized spacial score (nSPS) is 19.4. The van der Waals surface area contributed by atoms with E-state index in [1.165, 1.54) is 12.8 Å². The molecule has 1 saturated heterocycles. The number of anilines is 1. The summed E-state index contributed by atoms with van der Waals surface area (Å²) >= 11 is 0. The highest BCUT2D eigenvalue weighted by Gasteiger charge is 2.20. The Morgan fingerprint density at radius 2 is 2.40 bits per heavy atom. The number of pyridine rings is 1. The van der Waals surface area contributed by atoms with Gasteiger partial charge in [-0.05, 0) is 37.4 Å². The summed E-state index contributed by atoms with van der Waals surface area (Å²) in [5.41, 5.74) is 6.67. The van der Waals surface area contributed by atoms with Crippen molar-refractivity contribution in [3.63, 3.8) is 0 Å². The lowest BCUT2D eigenvalue weighted by atomic mass is 9.97. The van der Waals surface area contributed by atoms with E-state index < -0.39 is 5.91 Å². The number of rotatable bonds is 5. The third kappa shape index (κ3) is 3.93. The number of hydrogen-bond donors (Lipinski definition) is 2. The quantitative estimate of drug-likeness (QED) is 0.852. The van der Waals surface area contributed by atoms with Crippen molar-refractivity contribution < 1.29 is 4.79 Å². The summed E-state index contributed by atoms with van der Waals surface area (Å²) < 4.78 is 0. The molecule has 0 aromatic carbocycles. The van der Waals surface area contributed by atoms with Crippen LogP contribution in [0.4, 0.5) is 5.69 Å². The summed E-state index contributed by atoms with van der Waals surface area (Å²) in [4.78, 5) is 17.5. The molecule has 1 aromatic rings. The molecule has 0 spiro atoms. The maximum Gasteiger partial charge on any atom is 0.267 e. The molecule has 0 radical (unpaired) electrons. The molecule has 3 N–H and O–H groups in total. The molecular formula is C15H24N4O. The number of carbonyl (C=O) groups excluding carboxylic acids is 1. The number of primary amides is 1. The van der Waals surface area contributed by atoms with Gasteiger partial charge in [-0.2, -0.15) is 0 Å². The first-order chi connectivity index (χ1) is 9.56. The monoisotopic (exact) mass is 276 g/mol. The van der Waals surface area contributed by atoms with E-state index in [9.17, 15) is 4.79 Å². The Morgan fingerprint density at radius 3 is 3.10 bits per heavy atom. The first kappa shape index (κ1) is 14.8. The maximum atomic E-state index is 11.2. The van der Waals surface area contributed by atoms with Crippen molar-refractivity contribution in [3.8, 4) is 0 Å². The fraction of sp³-hybridized carbons (Fsp3) is 0.600. The molecule has 0 saturated carbocycles. The number of aromatic nitrogens is 1. The Balaban J connectivity index is 2.01. The Labute approximate surface area is 120 Å². The zero-order chi connectivity index (χ0) is 14.5. The molecule has 0 aliphatic carbocycles. The number of amides is 1. The molecule has 1 fully saturated rings. The van der Waals surface area contributed by atoms with Crippen LogP contribution in [0.5, 0.6) is 0 Å². The van der Waals surface area contributed by atoms with E-state index in [4.69, 9.17) is 5.73 Å². The van der Waals surface area contributed by atoms with Gasteiger partial charge >= 0.3 is 0 Å². The topological polar surface area (TPSA) is 71.2 Å². The molecule has 2 heterocycles. The van der Waals surface area contributed by atoms with Gasteiger partial charge in [0.15, 0.2) is 0 Å². The molecule has 1 atom stereocenters. The van der Waals surface area contributed by atoms with Crippen LogP contribution in [-0.4, -0.2) is 36.6 Å². The smallest absolute Gasteiger partial charge is 0.267 e. The van der Waals surface area contributed by atoms with Crippen molar-refractivity contribution in [2.45, 2.75) is 32.7 Å². The van der Waals surface area contributed by atoms with Crippen molar-refractivity contribution in [2.24, 2.45) is 11.7 Å². The van der Waals surface area contributed by atoms with E-state index >= 15 is 0 Å². The Bertz CT molecular complexity index is 461. The molecule has 1 unspecified atom stereocenters. The second kappa shape index (κ2) is 6.70. The van der Waals surface area contributed by atoms with Gasteiger partial charge in [0.2, 0.25) is 0 Å². The summed E-state index contributed by atoms with van der Waals surface area (Å²) in [6, 6.07) is 4.26. The molecule has 1 aliphatic rings. The number of piperidine rings is 1. The van der Waals surface area contributed by atoms with Crippen LogP contribution in [0.25, 0.3) is 0 Å². The average Bonchev–Trinajstić information content (AvgIpc) is 2.45. The number of nitrogens with one attached hydrogen (secondary N) is 1. The predicted octanol–water partition coefficient (Wildman–Crippen LogP) is 1.39. The van der Waals surface area contributed by atoms with E-state index in [-0.39, 0.29) is 0 Å². The van der Waals surface area contributed by atoms with Crippen LogP contribution in [0.2, 0.25) is 0 Å². The van der Waals surface area contributed by atoms with E-state index in [0.717, 1.165) is 25.3 Å². The van der Waals surface area contributed by atoms with Crippen LogP contribution >= 0.6 is 0 Å². The summed E-state index contributed by atoms with van der Waals surface area (Å²) in [7, 11) is 0. The molecule has 1 amide bonds. The number of carbonyl (C=O) groups is 1. The van der Waals surface area contributed by atoms with Crippen molar-refractivity contribution in [1.29, 1.82) is 0 Å². The van der Waals surface area contributed by atoms with Crippen LogP contribution < -0.4 is 16.0 Å². The first-order valence-corrected chi connectivity index (χ1v) is 7.30. The molecule has 110 valence electrons. The minimum atomic E-state index is -0.470. The van der Waals surface area contributed by atoms with Crippen molar-refractivity contribution in [1.82, 2.24) is 10.3 Å². The van der Waals surface area contributed by atoms with Crippen molar-refractivity contribution in [2.75, 3.05) is 24.5 Å². The van der Waals surface area contributed by atoms with E-state index in [1.807, 2.05) is 6.07 Å². The summed E-state index contributed by atoms with van der Waals surface area (Å²) in [5.74, 6) is 0.179. The average molecular weight is 276 g/mol. The Hall–Kier alpha value is -1.62. The van der Waals surface area contributed by atoms with Gasteiger partial charge in [0, 0.05) is 31.0 Å². The fourth-order valence-electron chi connectivity index (χ4n) is 2.62. The predicted molar refractivity (Wildman–Crippen MR) is 80.8 cm³/mol. The van der Waals surface area contributed by atoms with Gasteiger partial charge in [0.1, 0.15) is 5.69 Å². The second-order valence-corrected chi connectivity index (χ2v) is 5.78. The zero-order valence-electron chi connectivity index (χ0n) is 12.3. The lowest BCUT2D eigenvalue weighted by Gasteiger charge is -2.35. The SMILES string of the molecule is CC(C)NCC1CCCN(c2ccnc(C(N)=O)c2)C1. The minimum Gasteiger partial charge on any atom is -0.371 e. The van der Waals surface area contributed by atoms with E-state index in [2.05, 4.69) is 29.0 Å². The highest BCUT2D eigenvalue weighted by Crippen LogP contribution is 2.23. The van der Waals surface area contributed by atoms with Crippen molar-refractivity contribution >= 4 is 11.6 Å². The third-order valence-electron chi connectivity index (χ3n) is 3.69. The molecule has 0 bridgehead atoms. The number of nitrogens with two attached hydrogens (primary N) is 1. The maximum absolute atomic E-state index is 11.2. The Morgan fingerprint density at radius 1 is 1.60 bits per heavy atom. The lowest BCUT2D eigenvalue weighted by molar-refractivity contribution is 0.0995. The van der Waals surface area contributed by atoms with E-state index in [0.29, 0.717) is 17.7 Å². The summed E-state index contributed by atoms with van der Waals surface area (Å²) in [6.45, 7) is 7.43. The van der Waals surface area contributed by atoms with Gasteiger partial charge < -0.3 is 16.0 Å². The molecule has 20 heavy (non-hydrogen) atoms. The third-order valence-corrected chi connectivity index (χ3v) is 3.69. The van der Waals surface area contributed by atoms with Crippen LogP contribution in [-0.2, 0) is 0 Å². The van der Waals surface area contributed by atoms with Crippen molar-refractivity contribution in [3.05, 3.63) is 24.0 Å². The molecule has 5 heteroatoms. The highest BCUT2D eigenvalue weighted by atomic mass is 16.1. The largest absolute Gasteiger partial charge is 0.371 e. The van der Waals surface area contributed by atoms with Crippen LogP contribution in [0.3, 0.4) is 0 Å². The van der Waals surface area contributed by atoms with Gasteiger partial charge in [-0.25, -0.2) is 0 Å². The molecular weight excluding hydrogens is 252 g/mol. The van der Waals surface area contributed by atoms with Gasteiger partial charge in [-0.1, -0.05) is 13.8 Å². The first-order valence-electron chi connectivity index (χ1n) is 7.30. The molecule has 1 aliphatic heterocycles. The molecule has 2 rings (SSSR count). The minimum absolute atomic E-state index is 0.338. The highest BCUT2D eigenvalue weighted by molar-refractivity contribution is 5.91. The van der Waals surface area contributed by atoms with Gasteiger partial charge in [-0.3, -0.25) is 9.78 Å². The van der Waals surface area contributed by atoms with Crippen LogP contribution in [0.15, 0.2) is 18.3 Å². The number of hydrogen-bond acceptors (Lipinski definition) is 4. The van der Waals surface area contributed by atoms with Gasteiger partial charge in [0.05, 0.1) is 0 Å². The van der Waals surface area contributed by atoms with Gasteiger partial charge in [0.25, 0.3) is 5.91 Å². The fourth-order valence-corrected chi connectivity index (χ4v) is 2.62. The second-order valence-electron chi connectivity index (χ2n) is 5.78. The van der Waals surface area contributed by atoms with Gasteiger partial charge in [-0.15, -0.1) is 0 Å². The standard InChI is InChI=1S/C15H24N4O/c1-11(2)18-9-12-4-3-7-19(10-12)13-5-6-17-14(8-13)15(16)20/h5-6,8,11-12,18H,3-4,7,9-10H2,1-2H3,(H2,16,20). The molecule has 1 aromatic heterocycles. The van der Waals surface area contributed by atoms with Crippen LogP contribution in [0, 0.1) is 5.92 Å². The zero-order valence-corrected chi connectivity index (χ0v) is 12.3. The Kier molecular flexibility index (Phi) is 4.95. The van der Waals surface area contributed by atoms with Crippen LogP contribution in [0.1, 0.15) is 37.2 Å². The lowest BCUT2D eigenvalue weighted by Crippen LogP contribution is -2.41. The van der Waals surface area contributed by atoms with E-state index in [1.54, 1.807) is 12.3 Å². The number of nitrogens with zero attached hydrogens (tertiary/aromatic N) is 2. The molecule has 5 nitrogen and oxygen atoms in total. The summed E-state index contributed by atoms with van der Waals surface area (Å²) in [6.07, 6.45) is 4.09.